The van der Waals surface area contributed by atoms with Gasteiger partial charge in [-0.2, -0.15) is 0 Å². The number of amides is 2. The van der Waals surface area contributed by atoms with E-state index in [2.05, 4.69) is 15.5 Å². The van der Waals surface area contributed by atoms with Crippen LogP contribution in [-0.2, 0) is 9.59 Å². The number of rotatable bonds is 12. The van der Waals surface area contributed by atoms with Crippen LogP contribution in [0.2, 0.25) is 0 Å². The van der Waals surface area contributed by atoms with E-state index < -0.39 is 0 Å². The van der Waals surface area contributed by atoms with Crippen LogP contribution in [0.4, 0.5) is 5.69 Å². The van der Waals surface area contributed by atoms with Gasteiger partial charge in [0.05, 0.1) is 6.54 Å². The summed E-state index contributed by atoms with van der Waals surface area (Å²) in [5.41, 5.74) is 3.00. The van der Waals surface area contributed by atoms with Crippen molar-refractivity contribution in [1.82, 2.24) is 10.2 Å². The number of hydrogen-bond donors (Lipinski definition) is 3. The average Bonchev–Trinajstić information content (AvgIpc) is 3.47. The Labute approximate surface area is 162 Å². The zero-order chi connectivity index (χ0) is 19.6. The van der Waals surface area contributed by atoms with Crippen molar-refractivity contribution >= 4 is 17.5 Å². The first-order valence-electron chi connectivity index (χ1n) is 9.99. The lowest BCUT2D eigenvalue weighted by Crippen LogP contribution is -2.38. The van der Waals surface area contributed by atoms with Crippen LogP contribution in [-0.4, -0.2) is 54.1 Å². The average molecular weight is 376 g/mol. The number of aliphatic hydroxyl groups excluding tert-OH is 1. The SMILES string of the molecule is Cc1cccc(C)c1NC(=O)CN(CCC(=O)NCCCCCO)C1CC1. The highest BCUT2D eigenvalue weighted by Crippen LogP contribution is 2.27. The monoisotopic (exact) mass is 375 g/mol. The van der Waals surface area contributed by atoms with E-state index in [1.165, 1.54) is 0 Å². The third-order valence-corrected chi connectivity index (χ3v) is 4.94. The Bertz CT molecular complexity index is 609. The molecule has 1 aliphatic rings. The molecule has 0 radical (unpaired) electrons. The van der Waals surface area contributed by atoms with Gasteiger partial charge in [-0.1, -0.05) is 18.2 Å². The minimum absolute atomic E-state index is 0.0243. The highest BCUT2D eigenvalue weighted by molar-refractivity contribution is 5.93. The first-order valence-corrected chi connectivity index (χ1v) is 9.99. The molecular weight excluding hydrogens is 342 g/mol. The van der Waals surface area contributed by atoms with Gasteiger partial charge in [0.15, 0.2) is 0 Å². The molecule has 1 saturated carbocycles. The van der Waals surface area contributed by atoms with E-state index in [1.807, 2.05) is 32.0 Å². The summed E-state index contributed by atoms with van der Waals surface area (Å²) in [5, 5.41) is 14.7. The Morgan fingerprint density at radius 1 is 1.11 bits per heavy atom. The van der Waals surface area contributed by atoms with Gasteiger partial charge < -0.3 is 15.7 Å². The molecule has 27 heavy (non-hydrogen) atoms. The summed E-state index contributed by atoms with van der Waals surface area (Å²) in [6.45, 7) is 5.76. The van der Waals surface area contributed by atoms with E-state index in [0.717, 1.165) is 48.9 Å². The van der Waals surface area contributed by atoms with E-state index in [1.54, 1.807) is 0 Å². The minimum atomic E-state index is -0.0243. The van der Waals surface area contributed by atoms with E-state index in [0.29, 0.717) is 32.1 Å². The number of aryl methyl sites for hydroxylation is 2. The molecule has 0 saturated heterocycles. The standard InChI is InChI=1S/C21H33N3O3/c1-16-7-6-8-17(2)21(16)23-20(27)15-24(18-9-10-18)13-11-19(26)22-12-4-3-5-14-25/h6-8,18,25H,3-5,9-15H2,1-2H3,(H,22,26)(H,23,27). The van der Waals surface area contributed by atoms with Gasteiger partial charge in [-0.05, 0) is 57.1 Å². The Morgan fingerprint density at radius 3 is 2.44 bits per heavy atom. The Balaban J connectivity index is 1.75. The first kappa shape index (κ1) is 21.4. The Kier molecular flexibility index (Phi) is 8.75. The molecule has 6 heteroatoms. The second-order valence-corrected chi connectivity index (χ2v) is 7.40. The normalized spacial score (nSPS) is 13.6. The van der Waals surface area contributed by atoms with Gasteiger partial charge in [-0.15, -0.1) is 0 Å². The maximum absolute atomic E-state index is 12.5. The zero-order valence-corrected chi connectivity index (χ0v) is 16.6. The van der Waals surface area contributed by atoms with Crippen molar-refractivity contribution in [3.05, 3.63) is 29.3 Å². The van der Waals surface area contributed by atoms with Crippen molar-refractivity contribution in [3.8, 4) is 0 Å². The van der Waals surface area contributed by atoms with Gasteiger partial charge in [-0.3, -0.25) is 14.5 Å². The van der Waals surface area contributed by atoms with E-state index in [4.69, 9.17) is 5.11 Å². The fraction of sp³-hybridized carbons (Fsp3) is 0.619. The van der Waals surface area contributed by atoms with E-state index >= 15 is 0 Å². The van der Waals surface area contributed by atoms with Gasteiger partial charge in [0.1, 0.15) is 0 Å². The van der Waals surface area contributed by atoms with Crippen LogP contribution >= 0.6 is 0 Å². The second kappa shape index (κ2) is 11.0. The van der Waals surface area contributed by atoms with Gasteiger partial charge in [0.25, 0.3) is 0 Å². The fourth-order valence-corrected chi connectivity index (χ4v) is 3.18. The van der Waals surface area contributed by atoms with Crippen LogP contribution < -0.4 is 10.6 Å². The van der Waals surface area contributed by atoms with Crippen LogP contribution in [0.3, 0.4) is 0 Å². The Morgan fingerprint density at radius 2 is 1.81 bits per heavy atom. The number of benzene rings is 1. The van der Waals surface area contributed by atoms with Gasteiger partial charge >= 0.3 is 0 Å². The number of anilines is 1. The number of aliphatic hydroxyl groups is 1. The smallest absolute Gasteiger partial charge is 0.238 e. The summed E-state index contributed by atoms with van der Waals surface area (Å²) in [7, 11) is 0. The van der Waals surface area contributed by atoms with Crippen molar-refractivity contribution in [1.29, 1.82) is 0 Å². The molecule has 3 N–H and O–H groups in total. The predicted molar refractivity (Wildman–Crippen MR) is 108 cm³/mol. The summed E-state index contributed by atoms with van der Waals surface area (Å²) in [4.78, 5) is 26.6. The van der Waals surface area contributed by atoms with Gasteiger partial charge in [-0.25, -0.2) is 0 Å². The highest BCUT2D eigenvalue weighted by Gasteiger charge is 2.30. The van der Waals surface area contributed by atoms with Crippen LogP contribution in [0.5, 0.6) is 0 Å². The summed E-state index contributed by atoms with van der Waals surface area (Å²) in [6.07, 6.45) is 5.19. The number of hydrogen-bond acceptors (Lipinski definition) is 4. The molecule has 0 bridgehead atoms. The predicted octanol–water partition coefficient (Wildman–Crippen LogP) is 2.38. The number of carbonyl (C=O) groups excluding carboxylic acids is 2. The molecule has 0 spiro atoms. The molecule has 1 aromatic rings. The number of para-hydroxylation sites is 1. The number of carbonyl (C=O) groups is 2. The topological polar surface area (TPSA) is 81.7 Å². The molecule has 0 aromatic heterocycles. The molecule has 2 rings (SSSR count). The van der Waals surface area contributed by atoms with E-state index in [-0.39, 0.29) is 18.4 Å². The van der Waals surface area contributed by atoms with Crippen molar-refractivity contribution in [2.75, 3.05) is 31.6 Å². The summed E-state index contributed by atoms with van der Waals surface area (Å²) < 4.78 is 0. The third kappa shape index (κ3) is 7.69. The third-order valence-electron chi connectivity index (χ3n) is 4.94. The molecule has 150 valence electrons. The Hall–Kier alpha value is -1.92. The van der Waals surface area contributed by atoms with Gasteiger partial charge in [0, 0.05) is 37.8 Å². The van der Waals surface area contributed by atoms with Crippen molar-refractivity contribution in [2.24, 2.45) is 0 Å². The number of unbranched alkanes of at least 4 members (excludes halogenated alkanes) is 2. The lowest BCUT2D eigenvalue weighted by Gasteiger charge is -2.22. The second-order valence-electron chi connectivity index (χ2n) is 7.40. The zero-order valence-electron chi connectivity index (χ0n) is 16.6. The molecule has 6 nitrogen and oxygen atoms in total. The largest absolute Gasteiger partial charge is 0.396 e. The van der Waals surface area contributed by atoms with Crippen LogP contribution in [0.15, 0.2) is 18.2 Å². The number of nitrogens with one attached hydrogen (secondary N) is 2. The molecular formula is C21H33N3O3. The highest BCUT2D eigenvalue weighted by atomic mass is 16.3. The molecule has 0 unspecified atom stereocenters. The van der Waals surface area contributed by atoms with Crippen LogP contribution in [0.25, 0.3) is 0 Å². The summed E-state index contributed by atoms with van der Waals surface area (Å²) >= 11 is 0. The lowest BCUT2D eigenvalue weighted by atomic mass is 10.1. The summed E-state index contributed by atoms with van der Waals surface area (Å²) in [5.74, 6) is 0.00326. The molecule has 1 aromatic carbocycles. The maximum atomic E-state index is 12.5. The summed E-state index contributed by atoms with van der Waals surface area (Å²) in [6, 6.07) is 6.39. The van der Waals surface area contributed by atoms with Crippen LogP contribution in [0.1, 0.15) is 49.7 Å². The van der Waals surface area contributed by atoms with Crippen LogP contribution in [0, 0.1) is 13.8 Å². The molecule has 0 atom stereocenters. The van der Waals surface area contributed by atoms with Crippen molar-refractivity contribution < 1.29 is 14.7 Å². The fourth-order valence-electron chi connectivity index (χ4n) is 3.18. The number of nitrogens with zero attached hydrogens (tertiary/aromatic N) is 1. The molecule has 0 aliphatic heterocycles. The first-order chi connectivity index (χ1) is 13.0. The minimum Gasteiger partial charge on any atom is -0.396 e. The van der Waals surface area contributed by atoms with Gasteiger partial charge in [0.2, 0.25) is 11.8 Å². The quantitative estimate of drug-likeness (QED) is 0.490. The van der Waals surface area contributed by atoms with Crippen molar-refractivity contribution in [3.63, 3.8) is 0 Å². The lowest BCUT2D eigenvalue weighted by molar-refractivity contribution is -0.122. The van der Waals surface area contributed by atoms with E-state index in [9.17, 15) is 9.59 Å². The molecule has 2 amide bonds. The molecule has 1 fully saturated rings. The molecule has 0 heterocycles. The molecule has 1 aliphatic carbocycles. The maximum Gasteiger partial charge on any atom is 0.238 e. The van der Waals surface area contributed by atoms with Crippen molar-refractivity contribution in [2.45, 2.75) is 58.4 Å².